The molecular weight excluding hydrogens is 452 g/mol. The number of hydrogen-bond donors (Lipinski definition) is 2. The normalized spacial score (nSPS) is 10.3. The van der Waals surface area contributed by atoms with E-state index in [1.54, 1.807) is 12.1 Å². The van der Waals surface area contributed by atoms with Crippen LogP contribution in [0, 0.1) is 0 Å². The van der Waals surface area contributed by atoms with Gasteiger partial charge in [-0.3, -0.25) is 20.4 Å². The predicted octanol–water partition coefficient (Wildman–Crippen LogP) is 4.04. The molecule has 0 aliphatic carbocycles. The minimum Gasteiger partial charge on any atom is -0.490 e. The van der Waals surface area contributed by atoms with E-state index < -0.39 is 5.91 Å². The Bertz CT molecular complexity index is 845. The summed E-state index contributed by atoms with van der Waals surface area (Å²) in [6, 6.07) is 10.8. The first-order chi connectivity index (χ1) is 14.5. The molecule has 2 aromatic rings. The number of benzene rings is 2. The van der Waals surface area contributed by atoms with E-state index in [2.05, 4.69) is 26.8 Å². The molecule has 0 radical (unpaired) electrons. The van der Waals surface area contributed by atoms with Crippen LogP contribution in [0.3, 0.4) is 0 Å². The molecule has 2 aromatic carbocycles. The van der Waals surface area contributed by atoms with Crippen LogP contribution in [0.1, 0.15) is 43.1 Å². The highest BCUT2D eigenvalue weighted by atomic mass is 79.9. The van der Waals surface area contributed by atoms with Crippen LogP contribution in [0.25, 0.3) is 0 Å². The van der Waals surface area contributed by atoms with Crippen LogP contribution in [-0.4, -0.2) is 31.6 Å². The molecule has 0 saturated heterocycles. The van der Waals surface area contributed by atoms with Crippen molar-refractivity contribution in [2.45, 2.75) is 33.6 Å². The van der Waals surface area contributed by atoms with E-state index >= 15 is 0 Å². The van der Waals surface area contributed by atoms with Gasteiger partial charge in [0.1, 0.15) is 0 Å². The van der Waals surface area contributed by atoms with Crippen LogP contribution >= 0.6 is 15.9 Å². The summed E-state index contributed by atoms with van der Waals surface area (Å²) >= 11 is 3.46. The number of halogens is 1. The van der Waals surface area contributed by atoms with Gasteiger partial charge in [-0.25, -0.2) is 0 Å². The number of aryl methyl sites for hydroxylation is 1. The molecule has 30 heavy (non-hydrogen) atoms. The van der Waals surface area contributed by atoms with Gasteiger partial charge in [0, 0.05) is 16.5 Å². The summed E-state index contributed by atoms with van der Waals surface area (Å²) in [4.78, 5) is 24.7. The van der Waals surface area contributed by atoms with E-state index in [1.165, 1.54) is 0 Å². The van der Waals surface area contributed by atoms with Crippen molar-refractivity contribution in [3.63, 3.8) is 0 Å². The summed E-state index contributed by atoms with van der Waals surface area (Å²) in [5.41, 5.74) is 6.19. The molecule has 2 N–H and O–H groups in total. The van der Waals surface area contributed by atoms with E-state index in [0.717, 1.165) is 10.0 Å². The Morgan fingerprint density at radius 3 is 2.07 bits per heavy atom. The van der Waals surface area contributed by atoms with Crippen molar-refractivity contribution in [3.8, 4) is 17.2 Å². The average Bonchev–Trinajstić information content (AvgIpc) is 2.73. The molecule has 0 saturated carbocycles. The summed E-state index contributed by atoms with van der Waals surface area (Å²) in [5.74, 6) is 0.510. The zero-order chi connectivity index (χ0) is 21.9. The van der Waals surface area contributed by atoms with Crippen LogP contribution in [0.15, 0.2) is 40.9 Å². The number of rotatable bonds is 10. The van der Waals surface area contributed by atoms with Gasteiger partial charge in [-0.1, -0.05) is 34.1 Å². The van der Waals surface area contributed by atoms with Gasteiger partial charge in [0.15, 0.2) is 11.5 Å². The molecule has 0 heterocycles. The fourth-order valence-corrected chi connectivity index (χ4v) is 3.21. The van der Waals surface area contributed by atoms with E-state index in [-0.39, 0.29) is 17.9 Å². The van der Waals surface area contributed by atoms with Gasteiger partial charge in [0.05, 0.1) is 19.8 Å². The topological polar surface area (TPSA) is 85.9 Å². The molecule has 8 heteroatoms. The molecule has 0 aliphatic rings. The van der Waals surface area contributed by atoms with Crippen LogP contribution in [0.2, 0.25) is 0 Å². The fourth-order valence-electron chi connectivity index (χ4n) is 2.73. The van der Waals surface area contributed by atoms with Gasteiger partial charge in [0.2, 0.25) is 11.7 Å². The van der Waals surface area contributed by atoms with Gasteiger partial charge in [-0.05, 0) is 51.0 Å². The molecule has 2 amide bonds. The van der Waals surface area contributed by atoms with Gasteiger partial charge in [0.25, 0.3) is 5.91 Å². The molecule has 0 fully saturated rings. The van der Waals surface area contributed by atoms with Crippen LogP contribution in [0.4, 0.5) is 0 Å². The van der Waals surface area contributed by atoms with Gasteiger partial charge < -0.3 is 14.2 Å². The fraction of sp³-hybridized carbons (Fsp3) is 0.364. The van der Waals surface area contributed by atoms with Crippen molar-refractivity contribution < 1.29 is 23.8 Å². The first-order valence-electron chi connectivity index (χ1n) is 9.89. The van der Waals surface area contributed by atoms with Crippen molar-refractivity contribution in [2.24, 2.45) is 0 Å². The van der Waals surface area contributed by atoms with Gasteiger partial charge in [-0.15, -0.1) is 0 Å². The predicted molar refractivity (Wildman–Crippen MR) is 118 cm³/mol. The highest BCUT2D eigenvalue weighted by molar-refractivity contribution is 9.10. The summed E-state index contributed by atoms with van der Waals surface area (Å²) < 4.78 is 17.8. The van der Waals surface area contributed by atoms with Crippen molar-refractivity contribution in [2.75, 3.05) is 19.8 Å². The zero-order valence-electron chi connectivity index (χ0n) is 17.4. The van der Waals surface area contributed by atoms with Crippen molar-refractivity contribution >= 4 is 27.7 Å². The smallest absolute Gasteiger partial charge is 0.269 e. The van der Waals surface area contributed by atoms with Crippen molar-refractivity contribution in [1.29, 1.82) is 0 Å². The molecule has 0 spiro atoms. The Hall–Kier alpha value is -2.74. The maximum absolute atomic E-state index is 12.6. The van der Waals surface area contributed by atoms with E-state index in [1.807, 2.05) is 45.0 Å². The molecule has 0 unspecified atom stereocenters. The minimum absolute atomic E-state index is 0.237. The number of nitrogens with one attached hydrogen (secondary N) is 2. The van der Waals surface area contributed by atoms with Gasteiger partial charge >= 0.3 is 0 Å². The number of hydrazine groups is 1. The standard InChI is InChI=1S/C22H27BrN2O5/c1-4-28-18-13-16(14-19(29-5-2)21(18)30-6-3)22(27)25-24-20(26)12-11-15-9-7-8-10-17(15)23/h7-10,13-14H,4-6,11-12H2,1-3H3,(H,24,26)(H,25,27). The van der Waals surface area contributed by atoms with E-state index in [4.69, 9.17) is 14.2 Å². The SMILES string of the molecule is CCOc1cc(C(=O)NNC(=O)CCc2ccccc2Br)cc(OCC)c1OCC. The third-order valence-electron chi connectivity index (χ3n) is 4.07. The average molecular weight is 479 g/mol. The molecule has 0 aliphatic heterocycles. The highest BCUT2D eigenvalue weighted by Crippen LogP contribution is 2.39. The van der Waals surface area contributed by atoms with Crippen molar-refractivity contribution in [3.05, 3.63) is 52.0 Å². The quantitative estimate of drug-likeness (QED) is 0.503. The lowest BCUT2D eigenvalue weighted by atomic mass is 10.1. The Balaban J connectivity index is 2.04. The summed E-state index contributed by atoms with van der Waals surface area (Å²) in [5, 5.41) is 0. The van der Waals surface area contributed by atoms with Crippen LogP contribution in [-0.2, 0) is 11.2 Å². The number of hydrogen-bond acceptors (Lipinski definition) is 5. The molecule has 0 bridgehead atoms. The lowest BCUT2D eigenvalue weighted by Gasteiger charge is -2.17. The number of carbonyl (C=O) groups excluding carboxylic acids is 2. The lowest BCUT2D eigenvalue weighted by molar-refractivity contribution is -0.121. The van der Waals surface area contributed by atoms with E-state index in [0.29, 0.717) is 43.5 Å². The molecule has 2 rings (SSSR count). The maximum Gasteiger partial charge on any atom is 0.269 e. The molecule has 0 atom stereocenters. The first kappa shape index (κ1) is 23.5. The monoisotopic (exact) mass is 478 g/mol. The van der Waals surface area contributed by atoms with E-state index in [9.17, 15) is 9.59 Å². The Labute approximate surface area is 185 Å². The zero-order valence-corrected chi connectivity index (χ0v) is 19.0. The molecular formula is C22H27BrN2O5. The number of amides is 2. The Morgan fingerprint density at radius 2 is 1.50 bits per heavy atom. The second-order valence-corrected chi connectivity index (χ2v) is 7.05. The minimum atomic E-state index is -0.478. The molecule has 7 nitrogen and oxygen atoms in total. The largest absolute Gasteiger partial charge is 0.490 e. The highest BCUT2D eigenvalue weighted by Gasteiger charge is 2.18. The van der Waals surface area contributed by atoms with Crippen LogP contribution < -0.4 is 25.1 Å². The summed E-state index contributed by atoms with van der Waals surface area (Å²) in [7, 11) is 0. The molecule has 162 valence electrons. The van der Waals surface area contributed by atoms with Gasteiger partial charge in [-0.2, -0.15) is 0 Å². The van der Waals surface area contributed by atoms with Crippen LogP contribution in [0.5, 0.6) is 17.2 Å². The third kappa shape index (κ3) is 6.66. The third-order valence-corrected chi connectivity index (χ3v) is 4.84. The number of carbonyl (C=O) groups is 2. The lowest BCUT2D eigenvalue weighted by Crippen LogP contribution is -2.41. The Morgan fingerprint density at radius 1 is 0.900 bits per heavy atom. The van der Waals surface area contributed by atoms with Crippen molar-refractivity contribution in [1.82, 2.24) is 10.9 Å². The molecule has 0 aromatic heterocycles. The first-order valence-corrected chi connectivity index (χ1v) is 10.7. The summed E-state index contributed by atoms with van der Waals surface area (Å²) in [6.45, 7) is 6.78. The summed E-state index contributed by atoms with van der Waals surface area (Å²) in [6.07, 6.45) is 0.787. The number of ether oxygens (including phenoxy) is 3. The second-order valence-electron chi connectivity index (χ2n) is 6.19. The second kappa shape index (κ2) is 12.1. The maximum atomic E-state index is 12.6. The Kier molecular flexibility index (Phi) is 9.47.